The molecule has 21 heavy (non-hydrogen) atoms. The van der Waals surface area contributed by atoms with Gasteiger partial charge in [0.25, 0.3) is 0 Å². The third-order valence-corrected chi connectivity index (χ3v) is 4.52. The predicted molar refractivity (Wildman–Crippen MR) is 89.5 cm³/mol. The molecule has 0 aliphatic heterocycles. The van der Waals surface area contributed by atoms with Crippen molar-refractivity contribution in [1.82, 2.24) is 0 Å². The van der Waals surface area contributed by atoms with Gasteiger partial charge in [0.1, 0.15) is 6.29 Å². The summed E-state index contributed by atoms with van der Waals surface area (Å²) in [4.78, 5) is 11.1. The van der Waals surface area contributed by atoms with Crippen LogP contribution in [0.2, 0.25) is 5.02 Å². The van der Waals surface area contributed by atoms with Crippen LogP contribution in [0.4, 0.5) is 0 Å². The molecule has 110 valence electrons. The van der Waals surface area contributed by atoms with Crippen molar-refractivity contribution in [3.63, 3.8) is 0 Å². The molecule has 0 saturated heterocycles. The van der Waals surface area contributed by atoms with Crippen molar-refractivity contribution in [2.45, 2.75) is 39.5 Å². The first-order valence-corrected chi connectivity index (χ1v) is 7.73. The zero-order valence-corrected chi connectivity index (χ0v) is 13.6. The van der Waals surface area contributed by atoms with E-state index in [1.54, 1.807) is 0 Å². The van der Waals surface area contributed by atoms with Crippen molar-refractivity contribution < 1.29 is 4.79 Å². The number of halogens is 1. The minimum absolute atomic E-state index is 0.447. The first-order chi connectivity index (χ1) is 10.0. The molecule has 0 heterocycles. The van der Waals surface area contributed by atoms with Gasteiger partial charge in [0.2, 0.25) is 0 Å². The second kappa shape index (κ2) is 6.91. The van der Waals surface area contributed by atoms with Gasteiger partial charge in [-0.15, -0.1) is 0 Å². The maximum Gasteiger partial charge on any atom is 0.150 e. The van der Waals surface area contributed by atoms with Gasteiger partial charge in [0, 0.05) is 10.6 Å². The van der Waals surface area contributed by atoms with Gasteiger partial charge in [-0.2, -0.15) is 0 Å². The van der Waals surface area contributed by atoms with E-state index in [2.05, 4.69) is 25.1 Å². The molecule has 0 aromatic heterocycles. The Hall–Kier alpha value is -1.60. The highest BCUT2D eigenvalue weighted by Crippen LogP contribution is 2.28. The fraction of sp³-hybridized carbons (Fsp3) is 0.316. The van der Waals surface area contributed by atoms with Gasteiger partial charge in [0.05, 0.1) is 0 Å². The number of hydrogen-bond donors (Lipinski definition) is 0. The van der Waals surface area contributed by atoms with Crippen molar-refractivity contribution in [3.8, 4) is 0 Å². The number of carbonyl (C=O) groups excluding carboxylic acids is 1. The summed E-state index contributed by atoms with van der Waals surface area (Å²) in [5.41, 5.74) is 5.46. The highest BCUT2D eigenvalue weighted by Gasteiger charge is 2.12. The summed E-state index contributed by atoms with van der Waals surface area (Å²) < 4.78 is 0. The minimum atomic E-state index is 0.447. The van der Waals surface area contributed by atoms with Crippen LogP contribution in [0.15, 0.2) is 36.4 Å². The lowest BCUT2D eigenvalue weighted by Gasteiger charge is -2.17. The predicted octanol–water partition coefficient (Wildman–Crippen LogP) is 5.51. The van der Waals surface area contributed by atoms with Crippen molar-refractivity contribution >= 4 is 17.9 Å². The van der Waals surface area contributed by atoms with E-state index in [1.807, 2.05) is 32.0 Å². The molecule has 0 fully saturated rings. The van der Waals surface area contributed by atoms with Crippen molar-refractivity contribution in [1.29, 1.82) is 0 Å². The average molecular weight is 301 g/mol. The molecular weight excluding hydrogens is 280 g/mol. The molecule has 0 radical (unpaired) electrons. The summed E-state index contributed by atoms with van der Waals surface area (Å²) in [6.45, 7) is 6.20. The molecule has 0 saturated carbocycles. The molecule has 0 N–H and O–H groups in total. The van der Waals surface area contributed by atoms with E-state index in [-0.39, 0.29) is 0 Å². The van der Waals surface area contributed by atoms with Crippen molar-refractivity contribution in [2.75, 3.05) is 0 Å². The van der Waals surface area contributed by atoms with Crippen LogP contribution in [-0.2, 0) is 6.42 Å². The first-order valence-electron chi connectivity index (χ1n) is 7.36. The fourth-order valence-electron chi connectivity index (χ4n) is 2.65. The molecule has 0 bridgehead atoms. The topological polar surface area (TPSA) is 17.1 Å². The minimum Gasteiger partial charge on any atom is -0.298 e. The molecule has 2 aromatic carbocycles. The largest absolute Gasteiger partial charge is 0.298 e. The Kier molecular flexibility index (Phi) is 5.19. The molecule has 0 aliphatic rings. The molecule has 0 aliphatic carbocycles. The molecule has 0 amide bonds. The van der Waals surface area contributed by atoms with Gasteiger partial charge in [-0.25, -0.2) is 0 Å². The maximum atomic E-state index is 11.1. The fourth-order valence-corrected chi connectivity index (χ4v) is 2.77. The van der Waals surface area contributed by atoms with Crippen LogP contribution in [-0.4, -0.2) is 6.29 Å². The summed E-state index contributed by atoms with van der Waals surface area (Å²) in [5, 5.41) is 0.812. The Bertz CT molecular complexity index is 646. The molecular formula is C19H21ClO. The molecule has 1 nitrogen and oxygen atoms in total. The maximum absolute atomic E-state index is 11.1. The third-order valence-electron chi connectivity index (χ3n) is 4.10. The van der Waals surface area contributed by atoms with Crippen LogP contribution >= 0.6 is 11.6 Å². The van der Waals surface area contributed by atoms with E-state index in [0.29, 0.717) is 5.92 Å². The second-order valence-corrected chi connectivity index (χ2v) is 6.03. The second-order valence-electron chi connectivity index (χ2n) is 5.63. The SMILES string of the molecule is CCC(Cc1ccc(C)c(C=O)c1)c1ccc(Cl)c(C)c1. The molecule has 2 rings (SSSR count). The van der Waals surface area contributed by atoms with Crippen LogP contribution in [0.25, 0.3) is 0 Å². The van der Waals surface area contributed by atoms with Crippen LogP contribution in [0.5, 0.6) is 0 Å². The Morgan fingerprint density at radius 3 is 2.48 bits per heavy atom. The van der Waals surface area contributed by atoms with Crippen molar-refractivity contribution in [2.24, 2.45) is 0 Å². The van der Waals surface area contributed by atoms with Gasteiger partial charge in [-0.05, 0) is 67.0 Å². The quantitative estimate of drug-likeness (QED) is 0.666. The Morgan fingerprint density at radius 1 is 1.10 bits per heavy atom. The monoisotopic (exact) mass is 300 g/mol. The smallest absolute Gasteiger partial charge is 0.150 e. The third kappa shape index (κ3) is 3.74. The Labute approximate surface area is 132 Å². The standard InChI is InChI=1S/C19H21ClO/c1-4-16(17-7-8-19(20)14(3)9-17)10-15-6-5-13(2)18(11-15)12-21/h5-9,11-12,16H,4,10H2,1-3H3. The van der Waals surface area contributed by atoms with E-state index < -0.39 is 0 Å². The summed E-state index contributed by atoms with van der Waals surface area (Å²) in [6.07, 6.45) is 2.94. The van der Waals surface area contributed by atoms with Gasteiger partial charge in [-0.1, -0.05) is 42.8 Å². The number of aryl methyl sites for hydroxylation is 2. The van der Waals surface area contributed by atoms with E-state index in [4.69, 9.17) is 11.6 Å². The molecule has 1 unspecified atom stereocenters. The molecule has 2 heteroatoms. The number of aldehydes is 1. The number of benzene rings is 2. The van der Waals surface area contributed by atoms with Crippen LogP contribution < -0.4 is 0 Å². The highest BCUT2D eigenvalue weighted by atomic mass is 35.5. The zero-order valence-electron chi connectivity index (χ0n) is 12.8. The lowest BCUT2D eigenvalue weighted by Crippen LogP contribution is -2.03. The normalized spacial score (nSPS) is 12.2. The van der Waals surface area contributed by atoms with Crippen LogP contribution in [0.3, 0.4) is 0 Å². The van der Waals surface area contributed by atoms with Gasteiger partial charge in [-0.3, -0.25) is 4.79 Å². The highest BCUT2D eigenvalue weighted by molar-refractivity contribution is 6.31. The van der Waals surface area contributed by atoms with E-state index in [9.17, 15) is 4.79 Å². The number of hydrogen-bond acceptors (Lipinski definition) is 1. The van der Waals surface area contributed by atoms with Gasteiger partial charge < -0.3 is 0 Å². The summed E-state index contributed by atoms with van der Waals surface area (Å²) >= 11 is 6.11. The molecule has 1 atom stereocenters. The molecule has 2 aromatic rings. The first kappa shape index (κ1) is 15.8. The van der Waals surface area contributed by atoms with E-state index in [0.717, 1.165) is 40.8 Å². The lowest BCUT2D eigenvalue weighted by molar-refractivity contribution is 0.112. The van der Waals surface area contributed by atoms with E-state index >= 15 is 0 Å². The summed E-state index contributed by atoms with van der Waals surface area (Å²) in [5.74, 6) is 0.447. The lowest BCUT2D eigenvalue weighted by atomic mass is 9.88. The Morgan fingerprint density at radius 2 is 1.86 bits per heavy atom. The number of carbonyl (C=O) groups is 1. The zero-order chi connectivity index (χ0) is 15.4. The average Bonchev–Trinajstić information content (AvgIpc) is 2.49. The van der Waals surface area contributed by atoms with E-state index in [1.165, 1.54) is 11.1 Å². The molecule has 0 spiro atoms. The van der Waals surface area contributed by atoms with Gasteiger partial charge >= 0.3 is 0 Å². The van der Waals surface area contributed by atoms with Crippen molar-refractivity contribution in [3.05, 3.63) is 69.2 Å². The summed E-state index contributed by atoms with van der Waals surface area (Å²) in [7, 11) is 0. The Balaban J connectivity index is 2.26. The number of rotatable bonds is 5. The van der Waals surface area contributed by atoms with Crippen LogP contribution in [0.1, 0.15) is 51.9 Å². The van der Waals surface area contributed by atoms with Gasteiger partial charge in [0.15, 0.2) is 0 Å². The van der Waals surface area contributed by atoms with Crippen LogP contribution in [0, 0.1) is 13.8 Å². The summed E-state index contributed by atoms with van der Waals surface area (Å²) in [6, 6.07) is 12.4.